The second-order valence-electron chi connectivity index (χ2n) is 6.64. The van der Waals surface area contributed by atoms with Gasteiger partial charge >= 0.3 is 0 Å². The van der Waals surface area contributed by atoms with Crippen LogP contribution in [0.3, 0.4) is 0 Å². The Labute approximate surface area is 149 Å². The maximum absolute atomic E-state index is 12.4. The zero-order valence-corrected chi connectivity index (χ0v) is 14.7. The number of amides is 2. The maximum Gasteiger partial charge on any atom is 0.227 e. The van der Waals surface area contributed by atoms with Gasteiger partial charge in [-0.3, -0.25) is 9.59 Å². The molecule has 2 fully saturated rings. The summed E-state index contributed by atoms with van der Waals surface area (Å²) in [6.07, 6.45) is 4.69. The highest BCUT2D eigenvalue weighted by molar-refractivity contribution is 5.93. The van der Waals surface area contributed by atoms with Gasteiger partial charge in [-0.2, -0.15) is 0 Å². The topological polar surface area (TPSA) is 75.4 Å². The molecular formula is C18H26ClN3O2. The third-order valence-electron chi connectivity index (χ3n) is 5.06. The van der Waals surface area contributed by atoms with Gasteiger partial charge in [0.2, 0.25) is 11.8 Å². The van der Waals surface area contributed by atoms with Crippen molar-refractivity contribution < 1.29 is 9.59 Å². The number of nitrogens with two attached hydrogens (primary N) is 1. The molecule has 1 aliphatic heterocycles. The van der Waals surface area contributed by atoms with Crippen molar-refractivity contribution in [1.29, 1.82) is 0 Å². The van der Waals surface area contributed by atoms with Gasteiger partial charge in [-0.15, -0.1) is 12.4 Å². The van der Waals surface area contributed by atoms with Crippen LogP contribution in [-0.2, 0) is 16.1 Å². The summed E-state index contributed by atoms with van der Waals surface area (Å²) in [7, 11) is 0. The van der Waals surface area contributed by atoms with Crippen molar-refractivity contribution in [1.82, 2.24) is 4.90 Å². The number of hydrogen-bond donors (Lipinski definition) is 2. The molecule has 1 saturated carbocycles. The molecule has 1 saturated heterocycles. The summed E-state index contributed by atoms with van der Waals surface area (Å²) in [5, 5.41) is 3.00. The van der Waals surface area contributed by atoms with Crippen LogP contribution in [0.4, 0.5) is 5.69 Å². The van der Waals surface area contributed by atoms with Crippen LogP contribution >= 0.6 is 12.4 Å². The molecule has 0 unspecified atom stereocenters. The van der Waals surface area contributed by atoms with Gasteiger partial charge in [-0.05, 0) is 49.4 Å². The van der Waals surface area contributed by atoms with Crippen molar-refractivity contribution in [3.05, 3.63) is 29.8 Å². The van der Waals surface area contributed by atoms with E-state index in [4.69, 9.17) is 5.73 Å². The standard InChI is InChI=1S/C18H25N3O2.ClH/c19-11-14-3-1-4-16(14)18(23)20-15-8-6-13(7-9-15)12-21-10-2-5-17(21)22;/h6-9,14,16H,1-5,10-12,19H2,(H,20,23);1H/t14-,16-;/m1./s1. The summed E-state index contributed by atoms with van der Waals surface area (Å²) < 4.78 is 0. The second-order valence-corrected chi connectivity index (χ2v) is 6.64. The van der Waals surface area contributed by atoms with Gasteiger partial charge < -0.3 is 16.0 Å². The molecule has 1 aromatic carbocycles. The Morgan fingerprint density at radius 3 is 2.58 bits per heavy atom. The predicted molar refractivity (Wildman–Crippen MR) is 96.9 cm³/mol. The summed E-state index contributed by atoms with van der Waals surface area (Å²) in [4.78, 5) is 25.9. The number of nitrogens with zero attached hydrogens (tertiary/aromatic N) is 1. The van der Waals surface area contributed by atoms with Crippen molar-refractivity contribution >= 4 is 29.9 Å². The molecule has 0 radical (unpaired) electrons. The molecule has 3 N–H and O–H groups in total. The van der Waals surface area contributed by atoms with Crippen molar-refractivity contribution in [2.24, 2.45) is 17.6 Å². The number of halogens is 1. The molecule has 1 aromatic rings. The average Bonchev–Trinajstić information content (AvgIpc) is 3.18. The molecule has 0 spiro atoms. The molecule has 1 aliphatic carbocycles. The average molecular weight is 352 g/mol. The van der Waals surface area contributed by atoms with E-state index in [-0.39, 0.29) is 30.1 Å². The smallest absolute Gasteiger partial charge is 0.227 e. The minimum atomic E-state index is 0. The molecule has 6 heteroatoms. The van der Waals surface area contributed by atoms with Gasteiger partial charge in [-0.25, -0.2) is 0 Å². The lowest BCUT2D eigenvalue weighted by atomic mass is 9.95. The number of carbonyl (C=O) groups is 2. The highest BCUT2D eigenvalue weighted by Crippen LogP contribution is 2.31. The Morgan fingerprint density at radius 2 is 1.96 bits per heavy atom. The molecule has 2 atom stereocenters. The Morgan fingerprint density at radius 1 is 1.21 bits per heavy atom. The summed E-state index contributed by atoms with van der Waals surface area (Å²) in [6, 6.07) is 7.80. The Kier molecular flexibility index (Phi) is 6.63. The molecule has 2 aliphatic rings. The molecule has 2 amide bonds. The summed E-state index contributed by atoms with van der Waals surface area (Å²) >= 11 is 0. The van der Waals surface area contributed by atoms with Crippen LogP contribution in [0.25, 0.3) is 0 Å². The van der Waals surface area contributed by atoms with Crippen molar-refractivity contribution in [3.63, 3.8) is 0 Å². The van der Waals surface area contributed by atoms with Crippen LogP contribution in [0.1, 0.15) is 37.7 Å². The number of likely N-dealkylation sites (tertiary alicyclic amines) is 1. The van der Waals surface area contributed by atoms with Crippen LogP contribution in [0.15, 0.2) is 24.3 Å². The molecule has 5 nitrogen and oxygen atoms in total. The van der Waals surface area contributed by atoms with Crippen LogP contribution in [0.2, 0.25) is 0 Å². The normalized spacial score (nSPS) is 23.2. The zero-order valence-electron chi connectivity index (χ0n) is 13.9. The molecule has 3 rings (SSSR count). The largest absolute Gasteiger partial charge is 0.338 e. The van der Waals surface area contributed by atoms with E-state index in [1.165, 1.54) is 0 Å². The molecule has 0 bridgehead atoms. The summed E-state index contributed by atoms with van der Waals surface area (Å²) in [6.45, 7) is 2.09. The van der Waals surface area contributed by atoms with E-state index >= 15 is 0 Å². The fourth-order valence-corrected chi connectivity index (χ4v) is 3.68. The van der Waals surface area contributed by atoms with Crippen molar-refractivity contribution in [2.75, 3.05) is 18.4 Å². The SMILES string of the molecule is Cl.NC[C@H]1CCC[C@H]1C(=O)Nc1ccc(CN2CCCC2=O)cc1. The number of hydrogen-bond acceptors (Lipinski definition) is 3. The Hall–Kier alpha value is -1.59. The lowest BCUT2D eigenvalue weighted by Crippen LogP contribution is -2.29. The molecular weight excluding hydrogens is 326 g/mol. The van der Waals surface area contributed by atoms with Gasteiger partial charge in [0, 0.05) is 31.1 Å². The third-order valence-corrected chi connectivity index (χ3v) is 5.06. The quantitative estimate of drug-likeness (QED) is 0.856. The fraction of sp³-hybridized carbons (Fsp3) is 0.556. The first-order chi connectivity index (χ1) is 11.2. The Bertz CT molecular complexity index is 576. The van der Waals surface area contributed by atoms with Crippen molar-refractivity contribution in [3.8, 4) is 0 Å². The maximum atomic E-state index is 12.4. The number of benzene rings is 1. The highest BCUT2D eigenvalue weighted by atomic mass is 35.5. The van der Waals surface area contributed by atoms with E-state index in [0.717, 1.165) is 43.5 Å². The van der Waals surface area contributed by atoms with Crippen LogP contribution in [-0.4, -0.2) is 29.8 Å². The van der Waals surface area contributed by atoms with Gasteiger partial charge in [0.25, 0.3) is 0 Å². The first-order valence-electron chi connectivity index (χ1n) is 8.55. The third kappa shape index (κ3) is 4.28. The minimum absolute atomic E-state index is 0. The van der Waals surface area contributed by atoms with Gasteiger partial charge in [0.1, 0.15) is 0 Å². The van der Waals surface area contributed by atoms with Crippen LogP contribution in [0.5, 0.6) is 0 Å². The highest BCUT2D eigenvalue weighted by Gasteiger charge is 2.31. The zero-order chi connectivity index (χ0) is 16.2. The minimum Gasteiger partial charge on any atom is -0.338 e. The van der Waals surface area contributed by atoms with E-state index in [9.17, 15) is 9.59 Å². The monoisotopic (exact) mass is 351 g/mol. The van der Waals surface area contributed by atoms with Crippen LogP contribution in [0, 0.1) is 11.8 Å². The van der Waals surface area contributed by atoms with E-state index in [2.05, 4.69) is 5.32 Å². The van der Waals surface area contributed by atoms with Gasteiger partial charge in [-0.1, -0.05) is 18.6 Å². The van der Waals surface area contributed by atoms with Gasteiger partial charge in [0.05, 0.1) is 0 Å². The van der Waals surface area contributed by atoms with Crippen molar-refractivity contribution in [2.45, 2.75) is 38.6 Å². The van der Waals surface area contributed by atoms with E-state index in [0.29, 0.717) is 25.4 Å². The number of rotatable bonds is 5. The first kappa shape index (κ1) is 18.7. The fourth-order valence-electron chi connectivity index (χ4n) is 3.68. The van der Waals surface area contributed by atoms with E-state index in [1.807, 2.05) is 29.2 Å². The molecule has 24 heavy (non-hydrogen) atoms. The lowest BCUT2D eigenvalue weighted by Gasteiger charge is -2.18. The first-order valence-corrected chi connectivity index (χ1v) is 8.55. The molecule has 0 aromatic heterocycles. The number of anilines is 1. The van der Waals surface area contributed by atoms with E-state index < -0.39 is 0 Å². The predicted octanol–water partition coefficient (Wildman–Crippen LogP) is 2.54. The van der Waals surface area contributed by atoms with Crippen LogP contribution < -0.4 is 11.1 Å². The second kappa shape index (κ2) is 8.49. The molecule has 132 valence electrons. The summed E-state index contributed by atoms with van der Waals surface area (Å²) in [5.74, 6) is 0.675. The number of carbonyl (C=O) groups excluding carboxylic acids is 2. The summed E-state index contributed by atoms with van der Waals surface area (Å²) in [5.41, 5.74) is 7.66. The molecule has 1 heterocycles. The van der Waals surface area contributed by atoms with E-state index in [1.54, 1.807) is 0 Å². The number of nitrogens with one attached hydrogen (secondary N) is 1. The Balaban J connectivity index is 0.00000208. The van der Waals surface area contributed by atoms with Gasteiger partial charge in [0.15, 0.2) is 0 Å². The lowest BCUT2D eigenvalue weighted by molar-refractivity contribution is -0.128.